The summed E-state index contributed by atoms with van der Waals surface area (Å²) in [5.41, 5.74) is -1.10. The van der Waals surface area contributed by atoms with E-state index in [9.17, 15) is 32.4 Å². The second kappa shape index (κ2) is 26.6. The number of rotatable bonds is 25. The minimum Gasteiger partial charge on any atom is -0.367 e. The molecule has 0 fully saturated rings. The van der Waals surface area contributed by atoms with Crippen molar-refractivity contribution in [2.75, 3.05) is 68.7 Å². The van der Waals surface area contributed by atoms with E-state index >= 15 is 0 Å². The zero-order chi connectivity index (χ0) is 54.6. The molecule has 0 aliphatic rings. The third-order valence-corrected chi connectivity index (χ3v) is 13.3. The van der Waals surface area contributed by atoms with Crippen molar-refractivity contribution in [2.45, 2.75) is 208 Å². The maximum absolute atomic E-state index is 13.1. The molecule has 0 N–H and O–H groups in total. The van der Waals surface area contributed by atoms with Gasteiger partial charge in [0.2, 0.25) is 0 Å². The normalized spacial score (nSPS) is 13.3. The van der Waals surface area contributed by atoms with Gasteiger partial charge in [-0.3, -0.25) is 42.9 Å². The summed E-state index contributed by atoms with van der Waals surface area (Å²) in [7, 11) is -3.88. The van der Waals surface area contributed by atoms with Crippen LogP contribution in [0.1, 0.15) is 173 Å². The van der Waals surface area contributed by atoms with E-state index < -0.39 is 43.3 Å². The van der Waals surface area contributed by atoms with Gasteiger partial charge >= 0.3 is 0 Å². The molecule has 14 heteroatoms. The molecule has 1 rings (SSSR count). The van der Waals surface area contributed by atoms with E-state index in [-0.39, 0.29) is 90.7 Å². The van der Waals surface area contributed by atoms with Gasteiger partial charge in [0.05, 0.1) is 44.5 Å². The second-order valence-corrected chi connectivity index (χ2v) is 27.0. The molecule has 69 heavy (non-hydrogen) atoms. The monoisotopic (exact) mass is 992 g/mol. The third kappa shape index (κ3) is 23.4. The summed E-state index contributed by atoms with van der Waals surface area (Å²) >= 11 is 0. The number of benzene rings is 1. The van der Waals surface area contributed by atoms with Gasteiger partial charge in [0.25, 0.3) is 10.1 Å². The first-order valence-electron chi connectivity index (χ1n) is 25.3. The van der Waals surface area contributed by atoms with E-state index in [2.05, 4.69) is 65.2 Å². The fourth-order valence-electron chi connectivity index (χ4n) is 7.19. The van der Waals surface area contributed by atoms with Gasteiger partial charge in [0.15, 0.2) is 28.9 Å². The Labute approximate surface area is 422 Å². The standard InChI is InChI=1S/C34H63N3O5.C21H38N2O3S/c1-30(2,3)25(38)20-35(16-18-36(21-26(39)31(4,5)6)22-27(40)32(7,8)9)17-19-37(23-28(41)33(10,11)12)24-29(42)34(13,14)15;1-14(2)22(15(3)4)19-11-12-20(23(16(5)6)17(7)8)21(13-19)27(24,25)26-18(9)10/h16-24H2,1-15H3;11-18H,1-10H3. The number of hydrogen-bond donors (Lipinski definition) is 0. The van der Waals surface area contributed by atoms with E-state index in [0.717, 1.165) is 5.69 Å². The van der Waals surface area contributed by atoms with Crippen molar-refractivity contribution in [3.63, 3.8) is 0 Å². The Kier molecular flexibility index (Phi) is 25.4. The van der Waals surface area contributed by atoms with Crippen LogP contribution in [-0.2, 0) is 38.3 Å². The van der Waals surface area contributed by atoms with Crippen LogP contribution in [0.2, 0.25) is 0 Å². The fraction of sp³-hybridized carbons (Fsp3) is 0.800. The van der Waals surface area contributed by atoms with Gasteiger partial charge in [0, 0.05) is 83.1 Å². The molecule has 0 saturated heterocycles. The molecule has 0 aliphatic carbocycles. The molecule has 0 aromatic heterocycles. The van der Waals surface area contributed by atoms with Crippen molar-refractivity contribution in [1.29, 1.82) is 0 Å². The minimum absolute atomic E-state index is 0.0501. The molecule has 1 aromatic carbocycles. The molecule has 0 spiro atoms. The van der Waals surface area contributed by atoms with E-state index in [4.69, 9.17) is 4.18 Å². The third-order valence-electron chi connectivity index (χ3n) is 11.8. The quantitative estimate of drug-likeness (QED) is 0.0858. The van der Waals surface area contributed by atoms with Gasteiger partial charge in [-0.2, -0.15) is 8.42 Å². The van der Waals surface area contributed by atoms with Crippen LogP contribution in [0.3, 0.4) is 0 Å². The van der Waals surface area contributed by atoms with Crippen molar-refractivity contribution in [3.8, 4) is 0 Å². The van der Waals surface area contributed by atoms with Gasteiger partial charge < -0.3 is 9.80 Å². The Balaban J connectivity index is 0.00000147. The maximum Gasteiger partial charge on any atom is 0.299 e. The largest absolute Gasteiger partial charge is 0.367 e. The first kappa shape index (κ1) is 66.0. The van der Waals surface area contributed by atoms with Crippen LogP contribution in [0.25, 0.3) is 0 Å². The molecule has 0 atom stereocenters. The van der Waals surface area contributed by atoms with Crippen LogP contribution in [0.4, 0.5) is 11.4 Å². The number of ketones is 5. The molecule has 400 valence electrons. The summed E-state index contributed by atoms with van der Waals surface area (Å²) in [5.74, 6) is 0.278. The Morgan fingerprint density at radius 2 is 0.696 bits per heavy atom. The van der Waals surface area contributed by atoms with E-state index in [1.807, 2.05) is 131 Å². The van der Waals surface area contributed by atoms with Gasteiger partial charge in [-0.1, -0.05) is 104 Å². The number of anilines is 2. The van der Waals surface area contributed by atoms with Crippen molar-refractivity contribution < 1.29 is 36.6 Å². The maximum atomic E-state index is 13.1. The summed E-state index contributed by atoms with van der Waals surface area (Å²) in [6.07, 6.45) is -0.413. The highest BCUT2D eigenvalue weighted by molar-refractivity contribution is 7.87. The molecule has 0 amide bonds. The van der Waals surface area contributed by atoms with E-state index in [0.29, 0.717) is 31.9 Å². The number of hydrogen-bond acceptors (Lipinski definition) is 13. The highest BCUT2D eigenvalue weighted by Gasteiger charge is 2.33. The number of carbonyl (C=O) groups excluding carboxylic acids is 5. The summed E-state index contributed by atoms with van der Waals surface area (Å²) in [6, 6.07) is 6.54. The van der Waals surface area contributed by atoms with Gasteiger partial charge in [-0.25, -0.2) is 0 Å². The summed E-state index contributed by atoms with van der Waals surface area (Å²) in [6.45, 7) is 51.0. The Bertz CT molecular complexity index is 1800. The average Bonchev–Trinajstić information content (AvgIpc) is 3.13. The number of Topliss-reactive ketones (excluding diaryl/α,β-unsaturated/α-hetero) is 5. The van der Waals surface area contributed by atoms with Crippen LogP contribution in [0.15, 0.2) is 23.1 Å². The molecule has 0 bridgehead atoms. The molecule has 1 aromatic rings. The lowest BCUT2D eigenvalue weighted by Gasteiger charge is -2.37. The number of nitrogens with zero attached hydrogens (tertiary/aromatic N) is 5. The predicted octanol–water partition coefficient (Wildman–Crippen LogP) is 10.0. The molecule has 0 radical (unpaired) electrons. The second-order valence-electron chi connectivity index (χ2n) is 25.5. The molecule has 0 saturated carbocycles. The molecular formula is C55H101N5O8S. The highest BCUT2D eigenvalue weighted by atomic mass is 32.2. The Morgan fingerprint density at radius 1 is 0.435 bits per heavy atom. The summed E-state index contributed by atoms with van der Waals surface area (Å²) < 4.78 is 31.5. The lowest BCUT2D eigenvalue weighted by Crippen LogP contribution is -2.48. The highest BCUT2D eigenvalue weighted by Crippen LogP contribution is 2.35. The first-order chi connectivity index (χ1) is 30.8. The topological polar surface area (TPSA) is 145 Å². The lowest BCUT2D eigenvalue weighted by molar-refractivity contribution is -0.131. The minimum atomic E-state index is -3.88. The summed E-state index contributed by atoms with van der Waals surface area (Å²) in [4.78, 5) is 75.3. The average molecular weight is 993 g/mol. The van der Waals surface area contributed by atoms with Crippen LogP contribution in [0, 0.1) is 27.1 Å². The molecule has 0 unspecified atom stereocenters. The zero-order valence-corrected chi connectivity index (χ0v) is 49.2. The van der Waals surface area contributed by atoms with Crippen molar-refractivity contribution >= 4 is 50.4 Å². The SMILES string of the molecule is CC(C)(C)C(=O)CN(CCN(CC(=O)C(C)(C)C)CC(=O)C(C)(C)C)CCN(CC(=O)C(C)(C)C)CC(=O)C(C)(C)C.CC(C)OS(=O)(=O)c1cc(N(C(C)C)C(C)C)ccc1N(C(C)C)C(C)C. The molecule has 13 nitrogen and oxygen atoms in total. The van der Waals surface area contributed by atoms with Gasteiger partial charge in [0.1, 0.15) is 4.90 Å². The first-order valence-corrected chi connectivity index (χ1v) is 26.7. The van der Waals surface area contributed by atoms with Crippen molar-refractivity contribution in [2.24, 2.45) is 27.1 Å². The van der Waals surface area contributed by atoms with Crippen LogP contribution in [0.5, 0.6) is 0 Å². The van der Waals surface area contributed by atoms with Crippen LogP contribution < -0.4 is 9.80 Å². The fourth-order valence-corrected chi connectivity index (χ4v) is 8.50. The van der Waals surface area contributed by atoms with Crippen LogP contribution >= 0.6 is 0 Å². The van der Waals surface area contributed by atoms with E-state index in [1.54, 1.807) is 19.9 Å². The van der Waals surface area contributed by atoms with Gasteiger partial charge in [-0.15, -0.1) is 0 Å². The Morgan fingerprint density at radius 3 is 0.942 bits per heavy atom. The Hall–Kier alpha value is -3.04. The van der Waals surface area contributed by atoms with Gasteiger partial charge in [-0.05, 0) is 87.4 Å². The molecule has 0 aliphatic heterocycles. The number of carbonyl (C=O) groups is 5. The smallest absolute Gasteiger partial charge is 0.299 e. The molecular weight excluding hydrogens is 891 g/mol. The van der Waals surface area contributed by atoms with Crippen molar-refractivity contribution in [3.05, 3.63) is 18.2 Å². The zero-order valence-electron chi connectivity index (χ0n) is 48.4. The van der Waals surface area contributed by atoms with Crippen molar-refractivity contribution in [1.82, 2.24) is 14.7 Å². The van der Waals surface area contributed by atoms with Crippen LogP contribution in [-0.4, -0.2) is 141 Å². The lowest BCUT2D eigenvalue weighted by atomic mass is 9.89. The molecule has 0 heterocycles. The van der Waals surface area contributed by atoms with E-state index in [1.165, 1.54) is 0 Å². The summed E-state index contributed by atoms with van der Waals surface area (Å²) in [5, 5.41) is 0. The predicted molar refractivity (Wildman–Crippen MR) is 287 cm³/mol.